The third-order valence-corrected chi connectivity index (χ3v) is 9.64. The Kier molecular flexibility index (Phi) is 10.7. The van der Waals surface area contributed by atoms with Gasteiger partial charge in [0.05, 0.1) is 5.88 Å². The molecule has 216 valence electrons. The monoisotopic (exact) mass is 577 g/mol. The summed E-state index contributed by atoms with van der Waals surface area (Å²) in [6.07, 6.45) is 7.66. The molecule has 0 spiro atoms. The van der Waals surface area contributed by atoms with Crippen molar-refractivity contribution in [1.29, 1.82) is 0 Å². The molecule has 39 heavy (non-hydrogen) atoms. The molecule has 1 aliphatic carbocycles. The fraction of sp³-hybridized carbons (Fsp3) is 0.714. The molecular formula is C28H43N5O4S2. The molecule has 1 unspecified atom stereocenters. The first-order valence-corrected chi connectivity index (χ1v) is 16.4. The lowest BCUT2D eigenvalue weighted by molar-refractivity contribution is -0.137. The van der Waals surface area contributed by atoms with Crippen LogP contribution in [0.15, 0.2) is 24.4 Å². The van der Waals surface area contributed by atoms with Crippen LogP contribution in [0.2, 0.25) is 0 Å². The number of piperazine rings is 1. The second-order valence-corrected chi connectivity index (χ2v) is 13.6. The van der Waals surface area contributed by atoms with Crippen LogP contribution in [0.1, 0.15) is 52.9 Å². The van der Waals surface area contributed by atoms with Crippen molar-refractivity contribution in [3.63, 3.8) is 0 Å². The van der Waals surface area contributed by atoms with Gasteiger partial charge in [0.25, 0.3) is 0 Å². The predicted octanol–water partition coefficient (Wildman–Crippen LogP) is 3.84. The number of carbonyl (C=O) groups is 3. The number of hydrogen-bond acceptors (Lipinski definition) is 8. The number of amides is 3. The molecule has 3 fully saturated rings. The smallest absolute Gasteiger partial charge is 0.411 e. The van der Waals surface area contributed by atoms with Crippen molar-refractivity contribution in [1.82, 2.24) is 20.1 Å². The van der Waals surface area contributed by atoms with Gasteiger partial charge in [0.1, 0.15) is 23.5 Å². The van der Waals surface area contributed by atoms with Crippen LogP contribution in [0.4, 0.5) is 10.6 Å². The van der Waals surface area contributed by atoms with Crippen LogP contribution in [-0.2, 0) is 14.3 Å². The van der Waals surface area contributed by atoms with Crippen LogP contribution in [0.5, 0.6) is 0 Å². The van der Waals surface area contributed by atoms with E-state index < -0.39 is 23.8 Å². The van der Waals surface area contributed by atoms with Gasteiger partial charge in [-0.3, -0.25) is 14.5 Å². The van der Waals surface area contributed by atoms with Gasteiger partial charge in [0, 0.05) is 43.9 Å². The van der Waals surface area contributed by atoms with Crippen molar-refractivity contribution >= 4 is 47.2 Å². The molecule has 1 saturated carbocycles. The quantitative estimate of drug-likeness (QED) is 0.498. The van der Waals surface area contributed by atoms with Crippen molar-refractivity contribution in [3.05, 3.63) is 24.4 Å². The highest BCUT2D eigenvalue weighted by atomic mass is 32.2. The van der Waals surface area contributed by atoms with Crippen molar-refractivity contribution in [2.24, 2.45) is 5.92 Å². The highest BCUT2D eigenvalue weighted by molar-refractivity contribution is 7.99. The highest BCUT2D eigenvalue weighted by Gasteiger charge is 2.39. The number of anilines is 1. The van der Waals surface area contributed by atoms with Crippen LogP contribution < -0.4 is 10.2 Å². The maximum atomic E-state index is 13.7. The molecule has 1 aromatic heterocycles. The van der Waals surface area contributed by atoms with E-state index in [1.807, 2.05) is 43.9 Å². The van der Waals surface area contributed by atoms with E-state index in [1.165, 1.54) is 48.8 Å². The Bertz CT molecular complexity index is 962. The first kappa shape index (κ1) is 29.8. The maximum absolute atomic E-state index is 13.7. The Morgan fingerprint density at radius 3 is 2.54 bits per heavy atom. The molecule has 1 N–H and O–H groups in total. The van der Waals surface area contributed by atoms with Gasteiger partial charge in [0.2, 0.25) is 11.8 Å². The molecular weight excluding hydrogens is 534 g/mol. The highest BCUT2D eigenvalue weighted by Crippen LogP contribution is 2.28. The molecule has 2 aliphatic heterocycles. The number of carbonyl (C=O) groups excluding carboxylic acids is 3. The Labute approximate surface area is 241 Å². The van der Waals surface area contributed by atoms with E-state index in [4.69, 9.17) is 4.74 Å². The Morgan fingerprint density at radius 2 is 1.87 bits per heavy atom. The summed E-state index contributed by atoms with van der Waals surface area (Å²) in [6, 6.07) is 4.58. The third-order valence-electron chi connectivity index (χ3n) is 7.35. The average molecular weight is 578 g/mol. The molecule has 2 saturated heterocycles. The van der Waals surface area contributed by atoms with E-state index in [1.54, 1.807) is 18.0 Å². The zero-order chi connectivity index (χ0) is 27.8. The average Bonchev–Trinajstić information content (AvgIpc) is 3.43. The standard InChI is InChI=1S/C28H43N5O4S2/c1-28(2,3)37-27(36)33-20-39-19-23(33)25(34)30-22(18-38-17-21-9-5-4-6-10-21)26(35)32-15-13-31(14-16-32)24-11-7-8-12-29-24/h7-8,11-12,21-23H,4-6,9-10,13-20H2,1-3H3,(H,30,34)/t22-,23?/m0/s1. The van der Waals surface area contributed by atoms with E-state index in [2.05, 4.69) is 15.2 Å². The summed E-state index contributed by atoms with van der Waals surface area (Å²) in [5.41, 5.74) is -0.642. The van der Waals surface area contributed by atoms with E-state index in [0.717, 1.165) is 11.6 Å². The molecule has 2 atom stereocenters. The molecule has 9 nitrogen and oxygen atoms in total. The van der Waals surface area contributed by atoms with Gasteiger partial charge in [0.15, 0.2) is 0 Å². The normalized spacial score (nSPS) is 21.5. The molecule has 4 rings (SSSR count). The lowest BCUT2D eigenvalue weighted by Crippen LogP contribution is -2.58. The van der Waals surface area contributed by atoms with Crippen molar-refractivity contribution < 1.29 is 19.1 Å². The fourth-order valence-electron chi connectivity index (χ4n) is 5.23. The zero-order valence-electron chi connectivity index (χ0n) is 23.5. The first-order chi connectivity index (χ1) is 18.7. The summed E-state index contributed by atoms with van der Waals surface area (Å²) in [7, 11) is 0. The summed E-state index contributed by atoms with van der Waals surface area (Å²) in [5.74, 6) is 3.71. The molecule has 1 aromatic rings. The summed E-state index contributed by atoms with van der Waals surface area (Å²) < 4.78 is 5.53. The van der Waals surface area contributed by atoms with Crippen molar-refractivity contribution in [2.75, 3.05) is 54.2 Å². The van der Waals surface area contributed by atoms with Crippen LogP contribution in [0.25, 0.3) is 0 Å². The minimum Gasteiger partial charge on any atom is -0.444 e. The lowest BCUT2D eigenvalue weighted by Gasteiger charge is -2.37. The second-order valence-electron chi connectivity index (χ2n) is 11.6. The number of pyridine rings is 1. The Hall–Kier alpha value is -2.14. The molecule has 0 radical (unpaired) electrons. The van der Waals surface area contributed by atoms with Gasteiger partial charge in [-0.2, -0.15) is 11.8 Å². The fourth-order valence-corrected chi connectivity index (χ4v) is 7.63. The van der Waals surface area contributed by atoms with Gasteiger partial charge in [-0.15, -0.1) is 11.8 Å². The minimum atomic E-state index is -0.649. The van der Waals surface area contributed by atoms with Gasteiger partial charge in [-0.25, -0.2) is 9.78 Å². The SMILES string of the molecule is CC(C)(C)OC(=O)N1CSCC1C(=O)N[C@@H](CSCC1CCCCC1)C(=O)N1CCN(c2ccccn2)CC1. The Morgan fingerprint density at radius 1 is 1.13 bits per heavy atom. The second kappa shape index (κ2) is 14.0. The van der Waals surface area contributed by atoms with Crippen LogP contribution in [-0.4, -0.2) is 99.7 Å². The summed E-state index contributed by atoms with van der Waals surface area (Å²) >= 11 is 3.29. The van der Waals surface area contributed by atoms with Crippen LogP contribution in [0, 0.1) is 5.92 Å². The largest absolute Gasteiger partial charge is 0.444 e. The molecule has 0 bridgehead atoms. The molecule has 3 aliphatic rings. The van der Waals surface area contributed by atoms with Crippen LogP contribution in [0.3, 0.4) is 0 Å². The number of rotatable bonds is 8. The van der Waals surface area contributed by atoms with Gasteiger partial charge in [-0.05, 0) is 57.4 Å². The van der Waals surface area contributed by atoms with Gasteiger partial charge < -0.3 is 19.9 Å². The molecule has 0 aromatic carbocycles. The van der Waals surface area contributed by atoms with Crippen molar-refractivity contribution in [3.8, 4) is 0 Å². The number of hydrogen-bond donors (Lipinski definition) is 1. The minimum absolute atomic E-state index is 0.0466. The van der Waals surface area contributed by atoms with Crippen molar-refractivity contribution in [2.45, 2.75) is 70.6 Å². The summed E-state index contributed by atoms with van der Waals surface area (Å²) in [5, 5.41) is 3.04. The lowest BCUT2D eigenvalue weighted by atomic mass is 9.91. The van der Waals surface area contributed by atoms with E-state index in [9.17, 15) is 14.4 Å². The number of ether oxygens (including phenoxy) is 1. The number of aromatic nitrogens is 1. The van der Waals surface area contributed by atoms with Gasteiger partial charge in [-0.1, -0.05) is 25.3 Å². The Balaban J connectivity index is 1.38. The molecule has 3 amide bonds. The predicted molar refractivity (Wildman–Crippen MR) is 158 cm³/mol. The molecule has 11 heteroatoms. The summed E-state index contributed by atoms with van der Waals surface area (Å²) in [4.78, 5) is 49.9. The third kappa shape index (κ3) is 8.67. The van der Waals surface area contributed by atoms with E-state index >= 15 is 0 Å². The van der Waals surface area contributed by atoms with E-state index in [0.29, 0.717) is 49.5 Å². The topological polar surface area (TPSA) is 95.1 Å². The number of nitrogens with zero attached hydrogens (tertiary/aromatic N) is 4. The number of nitrogens with one attached hydrogen (secondary N) is 1. The maximum Gasteiger partial charge on any atom is 0.411 e. The van der Waals surface area contributed by atoms with E-state index in [-0.39, 0.29) is 11.8 Å². The zero-order valence-corrected chi connectivity index (χ0v) is 25.1. The number of thioether (sulfide) groups is 2. The van der Waals surface area contributed by atoms with Crippen LogP contribution >= 0.6 is 23.5 Å². The van der Waals surface area contributed by atoms with Gasteiger partial charge >= 0.3 is 6.09 Å². The first-order valence-electron chi connectivity index (χ1n) is 14.1. The summed E-state index contributed by atoms with van der Waals surface area (Å²) in [6.45, 7) is 8.00. The molecule has 3 heterocycles.